The first-order valence-electron chi connectivity index (χ1n) is 50.8. The van der Waals surface area contributed by atoms with E-state index in [9.17, 15) is 0 Å². The Bertz CT molecular complexity index is 3390. The first kappa shape index (κ1) is 4.16. The summed E-state index contributed by atoms with van der Waals surface area (Å²) in [5.41, 5.74) is 0. The third kappa shape index (κ3) is 38.0. The minimum absolute atomic E-state index is 4.35. The molecule has 0 aromatic carbocycles. The summed E-state index contributed by atoms with van der Waals surface area (Å²) < 4.78 is 681. The van der Waals surface area contributed by atoms with Crippen LogP contribution >= 0.6 is 0 Å². The predicted molar refractivity (Wildman–Crippen MR) is 187 cm³/mol. The standard InChI is InChI=1S/C40H82/c1-3-5-7-9-11-13-15-17-19-21-23-25-27-29-31-33-35-37-39-40-38-36-34-32-30-28-26-24-22-20-18-16-14-12-10-8-6-4-2/h3-40H2,1-2H3/i1D3,2D3,3D2,4D2,5D2,6D2,7D2,8D2,9D2,10D2,11D2,12D2,13D2,14D2,15D2,16D2,17D2,18D2,19D2,20D2,21D2,22D2,23D2,24D2,25D2,26D2,27D2,28D2,29D2,30D2,31D2,32D2,33D2,34D2,35D2,36D2,37D2,38D2,39D2,40D2. The van der Waals surface area contributed by atoms with E-state index in [0.717, 1.165) is 0 Å². The fourth-order valence-corrected chi connectivity index (χ4v) is 1.12. The van der Waals surface area contributed by atoms with Gasteiger partial charge in [-0.05, 0) is 0 Å². The minimum Gasteiger partial charge on any atom is -0.0654 e. The van der Waals surface area contributed by atoms with Gasteiger partial charge in [0.1, 0.15) is 0 Å². The molecular weight excluding hydrogens is 480 g/mol. The van der Waals surface area contributed by atoms with Crippen LogP contribution in [0, 0.1) is 0 Å². The van der Waals surface area contributed by atoms with Gasteiger partial charge in [-0.2, -0.15) is 0 Å². The van der Waals surface area contributed by atoms with Gasteiger partial charge in [-0.25, -0.2) is 0 Å². The maximum Gasteiger partial charge on any atom is 0.0267 e. The van der Waals surface area contributed by atoms with Gasteiger partial charge in [-0.15, -0.1) is 0 Å². The molecule has 0 heteroatoms. The molecule has 0 bridgehead atoms. The smallest absolute Gasteiger partial charge is 0.0267 e. The van der Waals surface area contributed by atoms with Gasteiger partial charge in [-0.1, -0.05) is 256 Å². The van der Waals surface area contributed by atoms with Crippen molar-refractivity contribution in [3.05, 3.63) is 0 Å². The van der Waals surface area contributed by atoms with E-state index in [1.54, 1.807) is 0 Å². The Balaban J connectivity index is 8.62. The highest BCUT2D eigenvalue weighted by Gasteiger charge is 1.97. The average Bonchev–Trinajstić information content (AvgIpc) is 0.673. The van der Waals surface area contributed by atoms with Crippen molar-refractivity contribution in [3.63, 3.8) is 0 Å². The summed E-state index contributed by atoms with van der Waals surface area (Å²) in [6.07, 6.45) is -213. The van der Waals surface area contributed by atoms with Crippen molar-refractivity contribution in [1.29, 1.82) is 0 Å². The van der Waals surface area contributed by atoms with Crippen LogP contribution in [0.15, 0.2) is 0 Å². The second-order valence-electron chi connectivity index (χ2n) is 4.75. The van der Waals surface area contributed by atoms with Gasteiger partial charge < -0.3 is 0 Å². The third-order valence-corrected chi connectivity index (χ3v) is 2.31. The SMILES string of the molecule is [2H]C([2H])([2H])C([2H])([2H])C([2H])([2H])C([2H])([2H])C([2H])([2H])C([2H])([2H])C([2H])([2H])C([2H])([2H])C([2H])([2H])C([2H])([2H])C([2H])([2H])C([2H])([2H])C([2H])([2H])C([2H])([2H])C([2H])([2H])C([2H])([2H])C([2H])([2H])C([2H])([2H])C([2H])([2H])C([2H])([2H])C([2H])([2H])C([2H])([2H])C([2H])([2H])C([2H])([2H])C([2H])([2H])C([2H])([2H])C([2H])([2H])C([2H])([2H])C([2H])([2H])C([2H])([2H])C([2H])([2H])C([2H])([2H])C([2H])([2H])C([2H])([2H])C([2H])([2H])C([2H])([2H])C([2H])([2H])C([2H])([2H])C([2H])([2H])C([2H])([2H])[2H]. The molecule has 0 rings (SSSR count). The molecule has 0 atom stereocenters. The van der Waals surface area contributed by atoms with Gasteiger partial charge in [0.05, 0.1) is 0 Å². The molecule has 0 nitrogen and oxygen atoms in total. The molecule has 0 N–H and O–H groups in total. The van der Waals surface area contributed by atoms with E-state index in [1.165, 1.54) is 0 Å². The lowest BCUT2D eigenvalue weighted by Crippen LogP contribution is -1.85. The Morgan fingerprint density at radius 2 is 0.300 bits per heavy atom. The largest absolute Gasteiger partial charge is 0.0654 e. The number of hydrogen-bond acceptors (Lipinski definition) is 0. The van der Waals surface area contributed by atoms with E-state index in [2.05, 4.69) is 0 Å². The highest BCUT2D eigenvalue weighted by atomic mass is 14.0. The topological polar surface area (TPSA) is 0 Å². The van der Waals surface area contributed by atoms with Crippen LogP contribution in [0.25, 0.3) is 0 Å². The normalized spacial score (nSPS) is 56.2. The zero-order chi connectivity index (χ0) is 102. The highest BCUT2D eigenvalue weighted by molar-refractivity contribution is 4.53. The van der Waals surface area contributed by atoms with Crippen LogP contribution in [0.1, 0.15) is 368 Å². The molecule has 0 aromatic heterocycles. The summed E-state index contributed by atoms with van der Waals surface area (Å²) in [6, 6.07) is 0. The van der Waals surface area contributed by atoms with Gasteiger partial charge >= 0.3 is 0 Å². The van der Waals surface area contributed by atoms with Crippen LogP contribution in [0.4, 0.5) is 0 Å². The van der Waals surface area contributed by atoms with Crippen molar-refractivity contribution >= 4 is 0 Å². The zero-order valence-corrected chi connectivity index (χ0v) is 20.0. The molecule has 0 amide bonds. The summed E-state index contributed by atoms with van der Waals surface area (Å²) in [4.78, 5) is 0. The Hall–Kier alpha value is 0. The first-order valence-corrected chi connectivity index (χ1v) is 9.75. The molecular formula is C40H82. The van der Waals surface area contributed by atoms with Gasteiger partial charge in [0.2, 0.25) is 0 Å². The van der Waals surface area contributed by atoms with Crippen molar-refractivity contribution in [2.24, 2.45) is 0 Å². The fourth-order valence-electron chi connectivity index (χ4n) is 1.12. The van der Waals surface area contributed by atoms with Crippen LogP contribution in [0.2, 0.25) is 0 Å². The van der Waals surface area contributed by atoms with Crippen LogP contribution in [-0.4, -0.2) is 0 Å². The molecule has 0 fully saturated rings. The second-order valence-corrected chi connectivity index (χ2v) is 4.75. The summed E-state index contributed by atoms with van der Waals surface area (Å²) in [5.74, 6) is 0. The molecule has 0 aliphatic heterocycles. The molecule has 0 saturated carbocycles. The molecule has 0 saturated heterocycles. The van der Waals surface area contributed by atoms with Gasteiger partial charge in [0.15, 0.2) is 0 Å². The lowest BCUT2D eigenvalue weighted by molar-refractivity contribution is 0.510. The monoisotopic (exact) mass is 645 g/mol. The summed E-state index contributed by atoms with van der Waals surface area (Å²) >= 11 is 0. The summed E-state index contributed by atoms with van der Waals surface area (Å²) in [6.45, 7) is -8.69. The van der Waals surface area contributed by atoms with Crippen molar-refractivity contribution < 1.29 is 112 Å². The molecule has 0 aromatic rings. The zero-order valence-electron chi connectivity index (χ0n) is 102. The van der Waals surface area contributed by atoms with E-state index >= 15 is 0 Å². The van der Waals surface area contributed by atoms with E-state index in [4.69, 9.17) is 112 Å². The molecule has 0 spiro atoms. The van der Waals surface area contributed by atoms with Crippen LogP contribution in [0.3, 0.4) is 0 Å². The quantitative estimate of drug-likeness (QED) is 0.0631. The van der Waals surface area contributed by atoms with Crippen molar-refractivity contribution in [3.8, 4) is 0 Å². The molecule has 0 heterocycles. The van der Waals surface area contributed by atoms with Crippen LogP contribution < -0.4 is 0 Å². The molecule has 0 unspecified atom stereocenters. The fraction of sp³-hybridized carbons (Fsp3) is 1.00. The molecule has 242 valence electrons. The van der Waals surface area contributed by atoms with E-state index in [-0.39, 0.29) is 0 Å². The first-order chi connectivity index (χ1) is 50.8. The van der Waals surface area contributed by atoms with Crippen LogP contribution in [-0.2, 0) is 0 Å². The Labute approximate surface area is 372 Å². The third-order valence-electron chi connectivity index (χ3n) is 2.31. The molecule has 40 heavy (non-hydrogen) atoms. The maximum atomic E-state index is 8.56. The summed E-state index contributed by atoms with van der Waals surface area (Å²) in [7, 11) is 0. The lowest BCUT2D eigenvalue weighted by Gasteiger charge is -2.05. The van der Waals surface area contributed by atoms with Gasteiger partial charge in [-0.3, -0.25) is 0 Å². The Kier molecular flexibility index (Phi) is 4.05. The predicted octanol–water partition coefficient (Wildman–Crippen LogP) is 15.8. The second kappa shape index (κ2) is 39.0. The van der Waals surface area contributed by atoms with Crippen LogP contribution in [0.5, 0.6) is 0 Å². The van der Waals surface area contributed by atoms with E-state index < -0.39 is 256 Å². The van der Waals surface area contributed by atoms with E-state index in [0.29, 0.717) is 0 Å². The average molecular weight is 646 g/mol. The highest BCUT2D eigenvalue weighted by Crippen LogP contribution is 2.17. The Morgan fingerprint density at radius 1 is 0.200 bits per heavy atom. The van der Waals surface area contributed by atoms with Crippen molar-refractivity contribution in [2.75, 3.05) is 0 Å². The van der Waals surface area contributed by atoms with E-state index in [1.807, 2.05) is 0 Å². The van der Waals surface area contributed by atoms with Gasteiger partial charge in [0, 0.05) is 112 Å². The lowest BCUT2D eigenvalue weighted by atomic mass is 10.0. The Morgan fingerprint density at radius 3 is 0.400 bits per heavy atom. The number of hydrogen-bond donors (Lipinski definition) is 0. The summed E-state index contributed by atoms with van der Waals surface area (Å²) in [5, 5.41) is 0. The number of rotatable bonds is 37. The molecule has 0 aliphatic rings. The van der Waals surface area contributed by atoms with Crippen molar-refractivity contribution in [1.82, 2.24) is 0 Å². The van der Waals surface area contributed by atoms with Gasteiger partial charge in [0.25, 0.3) is 0 Å². The van der Waals surface area contributed by atoms with Crippen molar-refractivity contribution in [2.45, 2.75) is 256 Å². The maximum absolute atomic E-state index is 8.56. The molecule has 0 aliphatic carbocycles. The minimum atomic E-state index is -5.88. The molecule has 0 radical (unpaired) electrons.